The van der Waals surface area contributed by atoms with Crippen LogP contribution in [0.1, 0.15) is 40.0 Å². The highest BCUT2D eigenvalue weighted by molar-refractivity contribution is 4.94. The summed E-state index contributed by atoms with van der Waals surface area (Å²) in [6, 6.07) is -0.552. The van der Waals surface area contributed by atoms with Gasteiger partial charge in [-0.15, -0.1) is 0 Å². The van der Waals surface area contributed by atoms with Crippen LogP contribution in [0.3, 0.4) is 0 Å². The smallest absolute Gasteiger partial charge is 0.275 e. The standard InChI is InChI=1S/C17H33F2N3/c1-4-5-7-20-9-11-22(12-10-20)16-6-8-21(13-15(2)3)14-17(16,18)19/h15-16H,4-14H2,1-3H3. The minimum absolute atomic E-state index is 0.0636. The highest BCUT2D eigenvalue weighted by Gasteiger charge is 2.47. The van der Waals surface area contributed by atoms with Gasteiger partial charge in [-0.05, 0) is 25.3 Å². The predicted molar refractivity (Wildman–Crippen MR) is 87.6 cm³/mol. The maximum atomic E-state index is 14.6. The number of rotatable bonds is 6. The maximum absolute atomic E-state index is 14.6. The van der Waals surface area contributed by atoms with Crippen LogP contribution in [0.25, 0.3) is 0 Å². The second kappa shape index (κ2) is 8.02. The lowest BCUT2D eigenvalue weighted by atomic mass is 9.97. The van der Waals surface area contributed by atoms with Gasteiger partial charge in [-0.25, -0.2) is 8.78 Å². The van der Waals surface area contributed by atoms with E-state index in [0.29, 0.717) is 12.3 Å². The van der Waals surface area contributed by atoms with Crippen LogP contribution >= 0.6 is 0 Å². The molecule has 22 heavy (non-hydrogen) atoms. The molecule has 0 amide bonds. The Labute approximate surface area is 134 Å². The van der Waals surface area contributed by atoms with Crippen molar-refractivity contribution in [2.45, 2.75) is 52.0 Å². The first-order valence-corrected chi connectivity index (χ1v) is 8.99. The fourth-order valence-corrected chi connectivity index (χ4v) is 3.80. The molecule has 0 bridgehead atoms. The average Bonchev–Trinajstić information content (AvgIpc) is 2.44. The fraction of sp³-hybridized carbons (Fsp3) is 1.00. The van der Waals surface area contributed by atoms with Crippen molar-refractivity contribution in [2.75, 3.05) is 52.4 Å². The van der Waals surface area contributed by atoms with Crippen molar-refractivity contribution in [3.05, 3.63) is 0 Å². The molecule has 3 nitrogen and oxygen atoms in total. The van der Waals surface area contributed by atoms with E-state index in [1.807, 2.05) is 4.90 Å². The summed E-state index contributed by atoms with van der Waals surface area (Å²) in [5, 5.41) is 0. The quantitative estimate of drug-likeness (QED) is 0.746. The molecule has 0 radical (unpaired) electrons. The molecule has 0 N–H and O–H groups in total. The van der Waals surface area contributed by atoms with Crippen molar-refractivity contribution < 1.29 is 8.78 Å². The second-order valence-corrected chi connectivity index (χ2v) is 7.43. The van der Waals surface area contributed by atoms with Crippen molar-refractivity contribution in [3.63, 3.8) is 0 Å². The Kier molecular flexibility index (Phi) is 6.59. The molecule has 0 saturated carbocycles. The second-order valence-electron chi connectivity index (χ2n) is 7.43. The molecule has 1 atom stereocenters. The van der Waals surface area contributed by atoms with E-state index in [1.165, 1.54) is 12.8 Å². The highest BCUT2D eigenvalue weighted by atomic mass is 19.3. The third kappa shape index (κ3) is 4.87. The van der Waals surface area contributed by atoms with E-state index in [1.54, 1.807) is 0 Å². The minimum Gasteiger partial charge on any atom is -0.301 e. The monoisotopic (exact) mass is 317 g/mol. The molecular formula is C17H33F2N3. The molecule has 130 valence electrons. The van der Waals surface area contributed by atoms with E-state index in [4.69, 9.17) is 0 Å². The molecule has 0 aliphatic carbocycles. The third-order valence-corrected chi connectivity index (χ3v) is 4.94. The van der Waals surface area contributed by atoms with Crippen molar-refractivity contribution >= 4 is 0 Å². The SMILES string of the molecule is CCCCN1CCN(C2CCN(CC(C)C)CC2(F)F)CC1. The number of nitrogens with zero attached hydrogens (tertiary/aromatic N) is 3. The van der Waals surface area contributed by atoms with Crippen molar-refractivity contribution in [2.24, 2.45) is 5.92 Å². The lowest BCUT2D eigenvalue weighted by molar-refractivity contribution is -0.134. The number of piperazine rings is 1. The molecule has 2 aliphatic rings. The zero-order chi connectivity index (χ0) is 16.2. The Balaban J connectivity index is 1.83. The number of piperidine rings is 1. The highest BCUT2D eigenvalue weighted by Crippen LogP contribution is 2.32. The minimum atomic E-state index is -2.57. The van der Waals surface area contributed by atoms with Gasteiger partial charge >= 0.3 is 0 Å². The summed E-state index contributed by atoms with van der Waals surface area (Å²) in [6.45, 7) is 12.5. The number of alkyl halides is 2. The van der Waals surface area contributed by atoms with Crippen LogP contribution in [0, 0.1) is 5.92 Å². The van der Waals surface area contributed by atoms with Crippen LogP contribution in [-0.2, 0) is 0 Å². The van der Waals surface area contributed by atoms with Gasteiger partial charge in [-0.2, -0.15) is 0 Å². The van der Waals surface area contributed by atoms with Gasteiger partial charge in [0.05, 0.1) is 12.6 Å². The number of halogens is 2. The topological polar surface area (TPSA) is 9.72 Å². The molecular weight excluding hydrogens is 284 g/mol. The summed E-state index contributed by atoms with van der Waals surface area (Å²) in [6.07, 6.45) is 3.02. The first-order chi connectivity index (χ1) is 10.4. The predicted octanol–water partition coefficient (Wildman–Crippen LogP) is 2.77. The summed E-state index contributed by atoms with van der Waals surface area (Å²) < 4.78 is 29.1. The van der Waals surface area contributed by atoms with Crippen LogP contribution in [-0.4, -0.2) is 79.0 Å². The van der Waals surface area contributed by atoms with Crippen LogP contribution in [0.5, 0.6) is 0 Å². The molecule has 1 unspecified atom stereocenters. The van der Waals surface area contributed by atoms with Crippen molar-refractivity contribution in [3.8, 4) is 0 Å². The lowest BCUT2D eigenvalue weighted by Gasteiger charge is -2.46. The average molecular weight is 317 g/mol. The fourth-order valence-electron chi connectivity index (χ4n) is 3.80. The molecule has 0 aromatic rings. The summed E-state index contributed by atoms with van der Waals surface area (Å²) >= 11 is 0. The van der Waals surface area contributed by atoms with Gasteiger partial charge in [0.2, 0.25) is 0 Å². The van der Waals surface area contributed by atoms with E-state index >= 15 is 0 Å². The number of likely N-dealkylation sites (tertiary alicyclic amines) is 1. The molecule has 2 rings (SSSR count). The zero-order valence-corrected chi connectivity index (χ0v) is 14.5. The molecule has 2 aliphatic heterocycles. The maximum Gasteiger partial charge on any atom is 0.275 e. The summed E-state index contributed by atoms with van der Waals surface area (Å²) in [7, 11) is 0. The largest absolute Gasteiger partial charge is 0.301 e. The summed E-state index contributed by atoms with van der Waals surface area (Å²) in [4.78, 5) is 6.42. The molecule has 0 aromatic heterocycles. The van der Waals surface area contributed by atoms with Crippen molar-refractivity contribution in [1.82, 2.24) is 14.7 Å². The Morgan fingerprint density at radius 2 is 1.73 bits per heavy atom. The van der Waals surface area contributed by atoms with E-state index in [0.717, 1.165) is 45.8 Å². The first kappa shape index (κ1) is 18.1. The Bertz CT molecular complexity index is 328. The van der Waals surface area contributed by atoms with Crippen molar-refractivity contribution in [1.29, 1.82) is 0 Å². The van der Waals surface area contributed by atoms with Crippen LogP contribution in [0.2, 0.25) is 0 Å². The lowest BCUT2D eigenvalue weighted by Crippen LogP contribution is -2.62. The van der Waals surface area contributed by atoms with Gasteiger partial charge in [-0.1, -0.05) is 27.2 Å². The molecule has 2 saturated heterocycles. The Morgan fingerprint density at radius 3 is 2.27 bits per heavy atom. The van der Waals surface area contributed by atoms with Gasteiger partial charge < -0.3 is 4.90 Å². The van der Waals surface area contributed by atoms with Crippen LogP contribution in [0.15, 0.2) is 0 Å². The molecule has 0 aromatic carbocycles. The Hall–Kier alpha value is -0.260. The number of unbranched alkanes of at least 4 members (excludes halogenated alkanes) is 1. The number of hydrogen-bond donors (Lipinski definition) is 0. The van der Waals surface area contributed by atoms with E-state index in [2.05, 4.69) is 30.6 Å². The van der Waals surface area contributed by atoms with Gasteiger partial charge in [0.15, 0.2) is 0 Å². The molecule has 5 heteroatoms. The third-order valence-electron chi connectivity index (χ3n) is 4.94. The summed E-state index contributed by atoms with van der Waals surface area (Å²) in [5.41, 5.74) is 0. The summed E-state index contributed by atoms with van der Waals surface area (Å²) in [5.74, 6) is -2.12. The molecule has 0 spiro atoms. The van der Waals surface area contributed by atoms with E-state index in [-0.39, 0.29) is 6.54 Å². The molecule has 2 heterocycles. The van der Waals surface area contributed by atoms with Gasteiger partial charge in [0, 0.05) is 39.3 Å². The molecule has 2 fully saturated rings. The normalized spacial score (nSPS) is 28.4. The number of hydrogen-bond acceptors (Lipinski definition) is 3. The first-order valence-electron chi connectivity index (χ1n) is 8.99. The van der Waals surface area contributed by atoms with E-state index in [9.17, 15) is 8.78 Å². The van der Waals surface area contributed by atoms with Gasteiger partial charge in [0.25, 0.3) is 5.92 Å². The van der Waals surface area contributed by atoms with Crippen LogP contribution < -0.4 is 0 Å². The van der Waals surface area contributed by atoms with E-state index < -0.39 is 12.0 Å². The van der Waals surface area contributed by atoms with Gasteiger partial charge in [0.1, 0.15) is 0 Å². The van der Waals surface area contributed by atoms with Gasteiger partial charge in [-0.3, -0.25) is 9.80 Å². The Morgan fingerprint density at radius 1 is 1.05 bits per heavy atom. The zero-order valence-electron chi connectivity index (χ0n) is 14.5. The van der Waals surface area contributed by atoms with Crippen LogP contribution in [0.4, 0.5) is 8.78 Å².